The summed E-state index contributed by atoms with van der Waals surface area (Å²) in [5.41, 5.74) is 5.15. The lowest BCUT2D eigenvalue weighted by Crippen LogP contribution is -2.37. The normalized spacial score (nSPS) is 30.3. The van der Waals surface area contributed by atoms with Gasteiger partial charge < -0.3 is 39.5 Å². The van der Waals surface area contributed by atoms with Gasteiger partial charge in [0.25, 0.3) is 5.56 Å². The van der Waals surface area contributed by atoms with E-state index < -0.39 is 66.0 Å². The van der Waals surface area contributed by atoms with Crippen LogP contribution in [0.25, 0.3) is 11.2 Å². The molecule has 5 rings (SSSR count). The lowest BCUT2D eigenvalue weighted by molar-refractivity contribution is -0.232. The minimum Gasteiger partial charge on any atom is -0.369 e. The highest BCUT2D eigenvalue weighted by Gasteiger charge is 2.59. The molecular weight excluding hydrogens is 579 g/mol. The highest BCUT2D eigenvalue weighted by molar-refractivity contribution is 7.66. The van der Waals surface area contributed by atoms with Crippen molar-refractivity contribution < 1.29 is 60.6 Å². The number of phosphoric ester groups is 1. The predicted octanol–water partition coefficient (Wildman–Crippen LogP) is 0.387. The highest BCUT2D eigenvalue weighted by atomic mass is 31.3. The molecule has 3 fully saturated rings. The minimum absolute atomic E-state index is 0.0256. The van der Waals surface area contributed by atoms with Crippen molar-refractivity contribution in [1.29, 1.82) is 0 Å². The quantitative estimate of drug-likeness (QED) is 0.222. The Kier molecular flexibility index (Phi) is 7.23. The lowest BCUT2D eigenvalue weighted by Gasteiger charge is -2.34. The Morgan fingerprint density at radius 2 is 1.76 bits per heavy atom. The second kappa shape index (κ2) is 9.82. The van der Waals surface area contributed by atoms with Gasteiger partial charge in [-0.15, -0.1) is 0 Å². The van der Waals surface area contributed by atoms with Gasteiger partial charge in [0.2, 0.25) is 5.95 Å². The van der Waals surface area contributed by atoms with E-state index in [0.717, 1.165) is 19.3 Å². The van der Waals surface area contributed by atoms with E-state index in [1.807, 2.05) is 0 Å². The third-order valence-corrected chi connectivity index (χ3v) is 9.95. The number of hydrogen-bond donors (Lipinski definition) is 6. The van der Waals surface area contributed by atoms with Crippen molar-refractivity contribution in [2.24, 2.45) is 0 Å². The van der Waals surface area contributed by atoms with Gasteiger partial charge in [-0.2, -0.15) is 13.6 Å². The molecule has 19 nitrogen and oxygen atoms in total. The summed E-state index contributed by atoms with van der Waals surface area (Å²) in [5, 5.41) is 0. The van der Waals surface area contributed by atoms with Gasteiger partial charge >= 0.3 is 23.5 Å². The van der Waals surface area contributed by atoms with Gasteiger partial charge in [-0.05, 0) is 12.8 Å². The molecule has 4 unspecified atom stereocenters. The molecule has 3 aliphatic rings. The number of fused-ring (bicyclic) bond motifs is 2. The van der Waals surface area contributed by atoms with Gasteiger partial charge in [0.1, 0.15) is 18.3 Å². The van der Waals surface area contributed by atoms with Crippen LogP contribution >= 0.6 is 23.5 Å². The number of nitrogens with one attached hydrogen (secondary N) is 1. The largest absolute Gasteiger partial charge is 0.490 e. The fourth-order valence-corrected chi connectivity index (χ4v) is 7.81. The number of aromatic amines is 1. The molecular formula is C16H24N5O14P3. The van der Waals surface area contributed by atoms with E-state index in [1.54, 1.807) is 0 Å². The van der Waals surface area contributed by atoms with Gasteiger partial charge in [-0.1, -0.05) is 6.42 Å². The molecule has 1 aliphatic carbocycles. The number of imidazole rings is 1. The Hall–Kier alpha value is -1.56. The molecule has 2 saturated heterocycles. The van der Waals surface area contributed by atoms with E-state index in [9.17, 15) is 28.3 Å². The van der Waals surface area contributed by atoms with Crippen molar-refractivity contribution in [2.75, 3.05) is 12.3 Å². The highest BCUT2D eigenvalue weighted by Crippen LogP contribution is 2.66. The maximum Gasteiger partial charge on any atom is 0.490 e. The number of rotatable bonds is 8. The zero-order chi connectivity index (χ0) is 27.5. The number of anilines is 1. The average molecular weight is 603 g/mol. The first-order valence-corrected chi connectivity index (χ1v) is 15.7. The predicted molar refractivity (Wildman–Crippen MR) is 122 cm³/mol. The summed E-state index contributed by atoms with van der Waals surface area (Å²) in [7, 11) is -16.7. The molecule has 0 radical (unpaired) electrons. The topological polar surface area (TPSA) is 277 Å². The Labute approximate surface area is 212 Å². The molecule has 2 aromatic heterocycles. The third-order valence-electron chi connectivity index (χ3n) is 6.15. The van der Waals surface area contributed by atoms with E-state index in [-0.39, 0.29) is 17.1 Å². The number of aromatic nitrogens is 4. The van der Waals surface area contributed by atoms with Crippen molar-refractivity contribution >= 4 is 40.6 Å². The van der Waals surface area contributed by atoms with Gasteiger partial charge in [-0.3, -0.25) is 18.9 Å². The van der Waals surface area contributed by atoms with Crippen LogP contribution in [0.4, 0.5) is 5.95 Å². The number of H-pyrrole nitrogens is 1. The van der Waals surface area contributed by atoms with Crippen LogP contribution in [0.3, 0.4) is 0 Å². The first-order valence-electron chi connectivity index (χ1n) is 11.2. The number of phosphoric acid groups is 3. The molecule has 38 heavy (non-hydrogen) atoms. The molecule has 0 amide bonds. The first kappa shape index (κ1) is 28.0. The maximum absolute atomic E-state index is 12.3. The Morgan fingerprint density at radius 3 is 2.45 bits per heavy atom. The van der Waals surface area contributed by atoms with Crippen molar-refractivity contribution in [3.05, 3.63) is 16.7 Å². The smallest absolute Gasteiger partial charge is 0.369 e. The summed E-state index contributed by atoms with van der Waals surface area (Å²) in [4.78, 5) is 59.4. The average Bonchev–Trinajstić information content (AvgIpc) is 3.42. The first-order chi connectivity index (χ1) is 17.7. The second-order valence-corrected chi connectivity index (χ2v) is 13.3. The van der Waals surface area contributed by atoms with Gasteiger partial charge in [0, 0.05) is 12.8 Å². The lowest BCUT2D eigenvalue weighted by atomic mass is 9.94. The van der Waals surface area contributed by atoms with Crippen molar-refractivity contribution in [2.45, 2.75) is 62.4 Å². The zero-order valence-electron chi connectivity index (χ0n) is 19.3. The van der Waals surface area contributed by atoms with Crippen LogP contribution in [0.5, 0.6) is 0 Å². The molecule has 6 atom stereocenters. The Balaban J connectivity index is 1.39. The van der Waals surface area contributed by atoms with E-state index >= 15 is 0 Å². The SMILES string of the molecule is Nc1nc2c(ncn2[C@@H]2O[C@H](COP(=O)(O)OP(=O)(O)OP(=O)(O)O)C3OC4(CCCCC4)OC32)c(=O)[nH]1. The number of nitrogen functional groups attached to an aromatic ring is 1. The molecule has 7 N–H and O–H groups in total. The summed E-state index contributed by atoms with van der Waals surface area (Å²) in [6, 6.07) is 0. The maximum atomic E-state index is 12.3. The van der Waals surface area contributed by atoms with E-state index in [4.69, 9.17) is 34.3 Å². The standard InChI is InChI=1S/C16H24N5O14P3/c17-15-19-12-9(13(22)20-15)18-7-21(12)14-11-10(32-16(33-11)4-2-1-3-5-16)8(31-14)6-30-37(26,27)35-38(28,29)34-36(23,24)25/h7-8,10-11,14H,1-6H2,(H,26,27)(H,28,29)(H2,23,24,25)(H3,17,19,20,22)/t8-,10?,11?,14-/m1/s1. The molecule has 2 aromatic rings. The molecule has 1 spiro atoms. The minimum atomic E-state index is -5.70. The fourth-order valence-electron chi connectivity index (χ4n) is 4.78. The number of nitrogens with zero attached hydrogens (tertiary/aromatic N) is 3. The Bertz CT molecular complexity index is 1420. The molecule has 22 heteroatoms. The van der Waals surface area contributed by atoms with E-state index in [1.165, 1.54) is 10.9 Å². The van der Waals surface area contributed by atoms with Crippen LogP contribution in [0.15, 0.2) is 11.1 Å². The number of hydrogen-bond acceptors (Lipinski definition) is 13. The van der Waals surface area contributed by atoms with Crippen LogP contribution in [0.1, 0.15) is 38.3 Å². The summed E-state index contributed by atoms with van der Waals surface area (Å²) in [6.45, 7) is -0.746. The molecule has 212 valence electrons. The van der Waals surface area contributed by atoms with Crippen molar-refractivity contribution in [3.63, 3.8) is 0 Å². The molecule has 0 bridgehead atoms. The summed E-state index contributed by atoms with van der Waals surface area (Å²) < 4.78 is 66.9. The van der Waals surface area contributed by atoms with Gasteiger partial charge in [0.05, 0.1) is 12.9 Å². The third kappa shape index (κ3) is 5.81. The number of ether oxygens (including phenoxy) is 3. The monoisotopic (exact) mass is 603 g/mol. The van der Waals surface area contributed by atoms with Crippen LogP contribution in [-0.4, -0.2) is 69.8 Å². The van der Waals surface area contributed by atoms with Gasteiger partial charge in [-0.25, -0.2) is 18.7 Å². The molecule has 1 saturated carbocycles. The summed E-state index contributed by atoms with van der Waals surface area (Å²) in [5.74, 6) is -1.12. The summed E-state index contributed by atoms with van der Waals surface area (Å²) >= 11 is 0. The van der Waals surface area contributed by atoms with Crippen LogP contribution in [0, 0.1) is 0 Å². The van der Waals surface area contributed by atoms with E-state index in [2.05, 4.69) is 23.6 Å². The van der Waals surface area contributed by atoms with E-state index in [0.29, 0.717) is 12.8 Å². The molecule has 0 aromatic carbocycles. The van der Waals surface area contributed by atoms with Crippen molar-refractivity contribution in [3.8, 4) is 0 Å². The zero-order valence-corrected chi connectivity index (χ0v) is 21.9. The summed E-state index contributed by atoms with van der Waals surface area (Å²) in [6.07, 6.45) is 1.27. The van der Waals surface area contributed by atoms with Crippen LogP contribution < -0.4 is 11.3 Å². The number of nitrogens with two attached hydrogens (primary N) is 1. The molecule has 2 aliphatic heterocycles. The second-order valence-electron chi connectivity index (χ2n) is 8.86. The molecule has 4 heterocycles. The fraction of sp³-hybridized carbons (Fsp3) is 0.688. The van der Waals surface area contributed by atoms with Crippen LogP contribution in [-0.2, 0) is 41.1 Å². The Morgan fingerprint density at radius 1 is 1.08 bits per heavy atom. The van der Waals surface area contributed by atoms with Crippen molar-refractivity contribution in [1.82, 2.24) is 19.5 Å². The van der Waals surface area contributed by atoms with Gasteiger partial charge in [0.15, 0.2) is 23.2 Å². The van der Waals surface area contributed by atoms with Crippen LogP contribution in [0.2, 0.25) is 0 Å².